The van der Waals surface area contributed by atoms with Gasteiger partial charge in [0.25, 0.3) is 0 Å². The Morgan fingerprint density at radius 3 is 3.36 bits per heavy atom. The van der Waals surface area contributed by atoms with Crippen molar-refractivity contribution in [1.82, 2.24) is 15.3 Å². The quantitative estimate of drug-likeness (QED) is 0.561. The fourth-order valence-corrected chi connectivity index (χ4v) is 1.43. The van der Waals surface area contributed by atoms with Crippen LogP contribution in [0.2, 0.25) is 0 Å². The Bertz CT molecular complexity index is 318. The number of hydrogen-bond donors (Lipinski definition) is 2. The Morgan fingerprint density at radius 2 is 2.45 bits per heavy atom. The highest BCUT2D eigenvalue weighted by Crippen LogP contribution is 2.08. The fraction of sp³-hybridized carbons (Fsp3) is 0.429. The summed E-state index contributed by atoms with van der Waals surface area (Å²) in [5, 5.41) is 3.25. The van der Waals surface area contributed by atoms with Crippen LogP contribution in [0, 0.1) is 4.77 Å². The first kappa shape index (κ1) is 6.94. The summed E-state index contributed by atoms with van der Waals surface area (Å²) in [6.07, 6.45) is 3.01. The number of rotatable bonds is 0. The van der Waals surface area contributed by atoms with E-state index in [0.717, 1.165) is 25.2 Å². The molecule has 0 saturated heterocycles. The maximum atomic E-state index is 4.90. The normalized spacial score (nSPS) is 16.0. The molecule has 2 heterocycles. The van der Waals surface area contributed by atoms with Crippen LogP contribution in [0.1, 0.15) is 11.3 Å². The average Bonchev–Trinajstić information content (AvgIpc) is 2.04. The molecule has 0 atom stereocenters. The van der Waals surface area contributed by atoms with Crippen LogP contribution in [-0.2, 0) is 13.0 Å². The van der Waals surface area contributed by atoms with Crippen molar-refractivity contribution in [3.05, 3.63) is 22.2 Å². The predicted octanol–water partition coefficient (Wildman–Crippen LogP) is 0.785. The van der Waals surface area contributed by atoms with Gasteiger partial charge in [-0.1, -0.05) is 0 Å². The Balaban J connectivity index is 2.51. The zero-order valence-corrected chi connectivity index (χ0v) is 6.87. The van der Waals surface area contributed by atoms with Crippen molar-refractivity contribution in [3.63, 3.8) is 0 Å². The largest absolute Gasteiger partial charge is 0.337 e. The number of H-pyrrole nitrogens is 1. The average molecular weight is 167 g/mol. The van der Waals surface area contributed by atoms with E-state index in [2.05, 4.69) is 15.3 Å². The summed E-state index contributed by atoms with van der Waals surface area (Å²) in [7, 11) is 0. The zero-order valence-electron chi connectivity index (χ0n) is 6.05. The van der Waals surface area contributed by atoms with Gasteiger partial charge in [0, 0.05) is 12.7 Å². The molecule has 2 rings (SSSR count). The fourth-order valence-electron chi connectivity index (χ4n) is 1.26. The van der Waals surface area contributed by atoms with Gasteiger partial charge in [0.1, 0.15) is 0 Å². The van der Waals surface area contributed by atoms with E-state index < -0.39 is 0 Å². The number of aromatic amines is 1. The molecule has 0 saturated carbocycles. The first-order valence-electron chi connectivity index (χ1n) is 3.64. The van der Waals surface area contributed by atoms with Gasteiger partial charge >= 0.3 is 0 Å². The van der Waals surface area contributed by atoms with E-state index in [1.807, 2.05) is 6.20 Å². The smallest absolute Gasteiger partial charge is 0.197 e. The van der Waals surface area contributed by atoms with Crippen molar-refractivity contribution < 1.29 is 0 Å². The minimum absolute atomic E-state index is 0.576. The van der Waals surface area contributed by atoms with E-state index in [1.54, 1.807) is 0 Å². The molecule has 1 aliphatic heterocycles. The van der Waals surface area contributed by atoms with E-state index in [-0.39, 0.29) is 0 Å². The standard InChI is InChI=1S/C7H9N3S/c11-7-9-3-5-1-2-8-4-6(5)10-7/h3,8H,1-2,4H2,(H,9,10,11). The van der Waals surface area contributed by atoms with Gasteiger partial charge in [0.05, 0.1) is 5.69 Å². The van der Waals surface area contributed by atoms with E-state index in [9.17, 15) is 0 Å². The molecule has 4 heteroatoms. The van der Waals surface area contributed by atoms with Crippen LogP contribution in [0.3, 0.4) is 0 Å². The van der Waals surface area contributed by atoms with Gasteiger partial charge in [-0.2, -0.15) is 0 Å². The first-order chi connectivity index (χ1) is 5.36. The van der Waals surface area contributed by atoms with Crippen LogP contribution in [-0.4, -0.2) is 16.5 Å². The molecule has 58 valence electrons. The third-order valence-corrected chi connectivity index (χ3v) is 2.05. The number of nitrogens with one attached hydrogen (secondary N) is 2. The predicted molar refractivity (Wildman–Crippen MR) is 44.8 cm³/mol. The molecule has 0 unspecified atom stereocenters. The van der Waals surface area contributed by atoms with Crippen molar-refractivity contribution in [2.24, 2.45) is 0 Å². The molecule has 3 nitrogen and oxygen atoms in total. The van der Waals surface area contributed by atoms with E-state index >= 15 is 0 Å². The maximum absolute atomic E-state index is 4.90. The molecule has 0 spiro atoms. The molecule has 0 radical (unpaired) electrons. The van der Waals surface area contributed by atoms with Crippen LogP contribution in [0.15, 0.2) is 6.20 Å². The Hall–Kier alpha value is -0.740. The molecule has 0 bridgehead atoms. The van der Waals surface area contributed by atoms with Gasteiger partial charge in [-0.15, -0.1) is 0 Å². The van der Waals surface area contributed by atoms with Gasteiger partial charge in [0.15, 0.2) is 4.77 Å². The summed E-state index contributed by atoms with van der Waals surface area (Å²) in [5.41, 5.74) is 2.39. The van der Waals surface area contributed by atoms with Crippen LogP contribution in [0.25, 0.3) is 0 Å². The lowest BCUT2D eigenvalue weighted by molar-refractivity contribution is 0.621. The Kier molecular flexibility index (Phi) is 1.71. The monoisotopic (exact) mass is 167 g/mol. The molecule has 0 aliphatic carbocycles. The van der Waals surface area contributed by atoms with Gasteiger partial charge in [0.2, 0.25) is 0 Å². The Labute approximate surface area is 69.9 Å². The van der Waals surface area contributed by atoms with Gasteiger partial charge in [-0.25, -0.2) is 4.98 Å². The van der Waals surface area contributed by atoms with Crippen molar-refractivity contribution in [2.75, 3.05) is 6.54 Å². The van der Waals surface area contributed by atoms with Crippen molar-refractivity contribution in [3.8, 4) is 0 Å². The Morgan fingerprint density at radius 1 is 1.55 bits per heavy atom. The minimum atomic E-state index is 0.576. The number of hydrogen-bond acceptors (Lipinski definition) is 3. The summed E-state index contributed by atoms with van der Waals surface area (Å²) < 4.78 is 0.576. The lowest BCUT2D eigenvalue weighted by Gasteiger charge is -2.14. The molecule has 1 aromatic heterocycles. The van der Waals surface area contributed by atoms with Crippen molar-refractivity contribution in [2.45, 2.75) is 13.0 Å². The highest BCUT2D eigenvalue weighted by atomic mass is 32.1. The summed E-state index contributed by atoms with van der Waals surface area (Å²) >= 11 is 4.90. The second-order valence-electron chi connectivity index (χ2n) is 2.60. The molecule has 0 fully saturated rings. The topological polar surface area (TPSA) is 40.7 Å². The highest BCUT2D eigenvalue weighted by molar-refractivity contribution is 7.71. The molecule has 11 heavy (non-hydrogen) atoms. The van der Waals surface area contributed by atoms with Crippen LogP contribution in [0.5, 0.6) is 0 Å². The minimum Gasteiger partial charge on any atom is -0.337 e. The number of nitrogens with zero attached hydrogens (tertiary/aromatic N) is 1. The molecular weight excluding hydrogens is 158 g/mol. The van der Waals surface area contributed by atoms with Crippen LogP contribution < -0.4 is 5.32 Å². The van der Waals surface area contributed by atoms with E-state index in [0.29, 0.717) is 4.77 Å². The number of aromatic nitrogens is 2. The second kappa shape index (κ2) is 2.71. The summed E-state index contributed by atoms with van der Waals surface area (Å²) in [5.74, 6) is 0. The van der Waals surface area contributed by atoms with Crippen LogP contribution in [0.4, 0.5) is 0 Å². The molecular formula is C7H9N3S. The SMILES string of the molecule is S=c1nc2c(c[nH]1)CCNC2. The van der Waals surface area contributed by atoms with Crippen LogP contribution >= 0.6 is 12.2 Å². The van der Waals surface area contributed by atoms with E-state index in [4.69, 9.17) is 12.2 Å². The molecule has 0 amide bonds. The maximum Gasteiger partial charge on any atom is 0.197 e. The summed E-state index contributed by atoms with van der Waals surface area (Å²) in [6.45, 7) is 1.90. The van der Waals surface area contributed by atoms with Gasteiger partial charge in [-0.05, 0) is 30.7 Å². The lowest BCUT2D eigenvalue weighted by Crippen LogP contribution is -2.24. The first-order valence-corrected chi connectivity index (χ1v) is 4.05. The summed E-state index contributed by atoms with van der Waals surface area (Å²) in [6, 6.07) is 0. The molecule has 1 aromatic rings. The molecule has 0 aromatic carbocycles. The lowest BCUT2D eigenvalue weighted by atomic mass is 10.1. The third-order valence-electron chi connectivity index (χ3n) is 1.84. The van der Waals surface area contributed by atoms with Gasteiger partial charge < -0.3 is 10.3 Å². The summed E-state index contributed by atoms with van der Waals surface area (Å²) in [4.78, 5) is 7.15. The number of fused-ring (bicyclic) bond motifs is 1. The van der Waals surface area contributed by atoms with Crippen molar-refractivity contribution >= 4 is 12.2 Å². The highest BCUT2D eigenvalue weighted by Gasteiger charge is 2.08. The molecule has 1 aliphatic rings. The van der Waals surface area contributed by atoms with Crippen molar-refractivity contribution in [1.29, 1.82) is 0 Å². The molecule has 2 N–H and O–H groups in total. The second-order valence-corrected chi connectivity index (χ2v) is 2.99. The van der Waals surface area contributed by atoms with E-state index in [1.165, 1.54) is 5.56 Å². The van der Waals surface area contributed by atoms with Gasteiger partial charge in [-0.3, -0.25) is 0 Å². The third kappa shape index (κ3) is 1.32. The zero-order chi connectivity index (χ0) is 7.68.